The molecule has 6 heteroatoms. The van der Waals surface area contributed by atoms with Crippen molar-refractivity contribution in [1.29, 1.82) is 0 Å². The van der Waals surface area contributed by atoms with Crippen molar-refractivity contribution in [2.45, 2.75) is 25.1 Å². The van der Waals surface area contributed by atoms with Gasteiger partial charge in [0, 0.05) is 21.8 Å². The molecule has 0 amide bonds. The van der Waals surface area contributed by atoms with Crippen molar-refractivity contribution in [3.8, 4) is 0 Å². The summed E-state index contributed by atoms with van der Waals surface area (Å²) in [4.78, 5) is 3.87. The van der Waals surface area contributed by atoms with E-state index in [1.165, 1.54) is 0 Å². The summed E-state index contributed by atoms with van der Waals surface area (Å²) in [5.74, 6) is 0.386. The summed E-state index contributed by atoms with van der Waals surface area (Å²) >= 11 is 2.17. The lowest BCUT2D eigenvalue weighted by molar-refractivity contribution is -0.122. The van der Waals surface area contributed by atoms with Crippen LogP contribution in [0.5, 0.6) is 0 Å². The third kappa shape index (κ3) is 3.64. The summed E-state index contributed by atoms with van der Waals surface area (Å²) < 4.78 is 40.1. The topological polar surface area (TPSA) is 6.48 Å². The molecule has 0 radical (unpaired) electrons. The fourth-order valence-corrected chi connectivity index (χ4v) is 3.87. The third-order valence-electron chi connectivity index (χ3n) is 4.53. The molecule has 0 saturated carbocycles. The standard InChI is InChI=1S/C15H18F3IN2/c16-15(17,18)10-21(13-3-1-12(19)2-4-13)14-9-20-7-5-11(14)6-8-20/h1-4,11,14H,5-10H2. The van der Waals surface area contributed by atoms with Crippen molar-refractivity contribution < 1.29 is 13.2 Å². The minimum atomic E-state index is -4.17. The Morgan fingerprint density at radius 1 is 1.14 bits per heavy atom. The molecule has 3 fully saturated rings. The number of anilines is 1. The molecule has 2 nitrogen and oxygen atoms in total. The SMILES string of the molecule is FC(F)(F)CN(c1ccc(I)cc1)C1CN2CCC1CC2. The molecular weight excluding hydrogens is 392 g/mol. The summed E-state index contributed by atoms with van der Waals surface area (Å²) in [6, 6.07) is 7.35. The number of hydrogen-bond donors (Lipinski definition) is 0. The predicted molar refractivity (Wildman–Crippen MR) is 85.5 cm³/mol. The van der Waals surface area contributed by atoms with Gasteiger partial charge in [0.2, 0.25) is 0 Å². The molecular formula is C15H18F3IN2. The molecule has 3 aliphatic heterocycles. The van der Waals surface area contributed by atoms with Crippen LogP contribution in [0.2, 0.25) is 0 Å². The van der Waals surface area contributed by atoms with Gasteiger partial charge in [0.15, 0.2) is 0 Å². The van der Waals surface area contributed by atoms with Crippen molar-refractivity contribution in [2.75, 3.05) is 31.1 Å². The molecule has 1 aromatic carbocycles. The van der Waals surface area contributed by atoms with Crippen LogP contribution in [0.15, 0.2) is 24.3 Å². The molecule has 0 spiro atoms. The molecule has 3 aliphatic rings. The quantitative estimate of drug-likeness (QED) is 0.701. The Labute approximate surface area is 136 Å². The second-order valence-electron chi connectivity index (χ2n) is 5.92. The van der Waals surface area contributed by atoms with Gasteiger partial charge in [-0.1, -0.05) is 0 Å². The molecule has 116 valence electrons. The number of benzene rings is 1. The van der Waals surface area contributed by atoms with Crippen molar-refractivity contribution in [1.82, 2.24) is 4.90 Å². The summed E-state index contributed by atoms with van der Waals surface area (Å²) in [5.41, 5.74) is 0.687. The number of fused-ring (bicyclic) bond motifs is 3. The van der Waals surface area contributed by atoms with E-state index in [0.717, 1.165) is 36.0 Å². The van der Waals surface area contributed by atoms with E-state index >= 15 is 0 Å². The molecule has 3 heterocycles. The van der Waals surface area contributed by atoms with Crippen LogP contribution < -0.4 is 4.90 Å². The van der Waals surface area contributed by atoms with Crippen molar-refractivity contribution in [3.05, 3.63) is 27.8 Å². The van der Waals surface area contributed by atoms with Crippen LogP contribution in [0.3, 0.4) is 0 Å². The van der Waals surface area contributed by atoms with E-state index in [4.69, 9.17) is 0 Å². The minimum Gasteiger partial charge on any atom is -0.358 e. The first kappa shape index (κ1) is 15.4. The van der Waals surface area contributed by atoms with Crippen molar-refractivity contribution in [3.63, 3.8) is 0 Å². The maximum absolute atomic E-state index is 13.0. The summed E-state index contributed by atoms with van der Waals surface area (Å²) in [5, 5.41) is 0. The largest absolute Gasteiger partial charge is 0.405 e. The van der Waals surface area contributed by atoms with Crippen molar-refractivity contribution >= 4 is 28.3 Å². The highest BCUT2D eigenvalue weighted by Crippen LogP contribution is 2.35. The zero-order chi connectivity index (χ0) is 15.0. The highest BCUT2D eigenvalue weighted by molar-refractivity contribution is 14.1. The molecule has 2 bridgehead atoms. The second-order valence-corrected chi connectivity index (χ2v) is 7.17. The Morgan fingerprint density at radius 2 is 1.76 bits per heavy atom. The molecule has 0 aromatic heterocycles. The number of nitrogens with zero attached hydrogens (tertiary/aromatic N) is 2. The summed E-state index contributed by atoms with van der Waals surface area (Å²) in [7, 11) is 0. The lowest BCUT2D eigenvalue weighted by atomic mass is 9.83. The first-order chi connectivity index (χ1) is 9.92. The fourth-order valence-electron chi connectivity index (χ4n) is 3.51. The molecule has 1 unspecified atom stereocenters. The average molecular weight is 410 g/mol. The number of hydrogen-bond acceptors (Lipinski definition) is 2. The number of halogens is 4. The molecule has 4 rings (SSSR count). The monoisotopic (exact) mass is 410 g/mol. The summed E-state index contributed by atoms with van der Waals surface area (Å²) in [6.45, 7) is 1.97. The highest BCUT2D eigenvalue weighted by atomic mass is 127. The van der Waals surface area contributed by atoms with Gasteiger partial charge in [0.05, 0.1) is 0 Å². The Kier molecular flexibility index (Phi) is 4.36. The lowest BCUT2D eigenvalue weighted by Crippen LogP contribution is -2.59. The third-order valence-corrected chi connectivity index (χ3v) is 5.25. The predicted octanol–water partition coefficient (Wildman–Crippen LogP) is 3.75. The normalized spacial score (nSPS) is 28.7. The van der Waals surface area contributed by atoms with Gasteiger partial charge < -0.3 is 9.80 Å². The molecule has 1 aromatic rings. The molecule has 0 N–H and O–H groups in total. The molecule has 1 atom stereocenters. The van der Waals surface area contributed by atoms with E-state index in [0.29, 0.717) is 11.6 Å². The van der Waals surface area contributed by atoms with Crippen LogP contribution in [-0.2, 0) is 0 Å². The van der Waals surface area contributed by atoms with E-state index in [1.807, 2.05) is 24.3 Å². The van der Waals surface area contributed by atoms with Gasteiger partial charge in [-0.25, -0.2) is 0 Å². The van der Waals surface area contributed by atoms with Crippen LogP contribution in [-0.4, -0.2) is 43.3 Å². The van der Waals surface area contributed by atoms with Crippen LogP contribution >= 0.6 is 22.6 Å². The van der Waals surface area contributed by atoms with Crippen molar-refractivity contribution in [2.24, 2.45) is 5.92 Å². The highest BCUT2D eigenvalue weighted by Gasteiger charge is 2.41. The van der Waals surface area contributed by atoms with Gasteiger partial charge in [-0.3, -0.25) is 0 Å². The second kappa shape index (κ2) is 5.95. The van der Waals surface area contributed by atoms with Gasteiger partial charge in [0.1, 0.15) is 6.54 Å². The number of piperidine rings is 3. The van der Waals surface area contributed by atoms with E-state index in [9.17, 15) is 13.2 Å². The van der Waals surface area contributed by atoms with Crippen LogP contribution in [0.25, 0.3) is 0 Å². The zero-order valence-corrected chi connectivity index (χ0v) is 13.8. The molecule has 21 heavy (non-hydrogen) atoms. The maximum Gasteiger partial charge on any atom is 0.405 e. The smallest absolute Gasteiger partial charge is 0.358 e. The van der Waals surface area contributed by atoms with Gasteiger partial charge in [0.25, 0.3) is 0 Å². The number of rotatable bonds is 3. The van der Waals surface area contributed by atoms with Gasteiger partial charge in [-0.15, -0.1) is 0 Å². The molecule has 3 saturated heterocycles. The fraction of sp³-hybridized carbons (Fsp3) is 0.600. The van der Waals surface area contributed by atoms with Gasteiger partial charge >= 0.3 is 6.18 Å². The Balaban J connectivity index is 1.87. The first-order valence-corrected chi connectivity index (χ1v) is 8.31. The molecule has 0 aliphatic carbocycles. The maximum atomic E-state index is 13.0. The van der Waals surface area contributed by atoms with Crippen LogP contribution in [0.1, 0.15) is 12.8 Å². The van der Waals surface area contributed by atoms with E-state index in [-0.39, 0.29) is 6.04 Å². The average Bonchev–Trinajstić information content (AvgIpc) is 2.46. The first-order valence-electron chi connectivity index (χ1n) is 7.24. The van der Waals surface area contributed by atoms with Gasteiger partial charge in [-0.05, 0) is 78.7 Å². The Bertz CT molecular complexity index is 481. The van der Waals surface area contributed by atoms with Crippen LogP contribution in [0.4, 0.5) is 18.9 Å². The van der Waals surface area contributed by atoms with Crippen LogP contribution in [0, 0.1) is 9.49 Å². The Hall–Kier alpha value is -0.500. The van der Waals surface area contributed by atoms with E-state index in [2.05, 4.69) is 27.5 Å². The van der Waals surface area contributed by atoms with E-state index < -0.39 is 12.7 Å². The van der Waals surface area contributed by atoms with Gasteiger partial charge in [-0.2, -0.15) is 13.2 Å². The number of alkyl halides is 3. The summed E-state index contributed by atoms with van der Waals surface area (Å²) in [6.07, 6.45) is -2.14. The van der Waals surface area contributed by atoms with E-state index in [1.54, 1.807) is 4.90 Å². The Morgan fingerprint density at radius 3 is 2.24 bits per heavy atom. The minimum absolute atomic E-state index is 0.0193. The zero-order valence-electron chi connectivity index (χ0n) is 11.6. The lowest BCUT2D eigenvalue weighted by Gasteiger charge is -2.50.